The molecule has 26 heavy (non-hydrogen) atoms. The summed E-state index contributed by atoms with van der Waals surface area (Å²) < 4.78 is 1.15. The average molecular weight is 533 g/mol. The van der Waals surface area contributed by atoms with E-state index in [-0.39, 0.29) is 24.0 Å². The van der Waals surface area contributed by atoms with Gasteiger partial charge in [-0.25, -0.2) is 0 Å². The molecule has 1 N–H and O–H groups in total. The van der Waals surface area contributed by atoms with Crippen LogP contribution in [0.15, 0.2) is 45.9 Å². The maximum atomic E-state index is 4.88. The number of nitrogens with zero attached hydrogens (tertiary/aromatic N) is 3. The fourth-order valence-corrected chi connectivity index (χ4v) is 4.06. The second-order valence-corrected chi connectivity index (χ2v) is 7.70. The molecule has 0 aromatic heterocycles. The number of aryl methyl sites for hydroxylation is 1. The van der Waals surface area contributed by atoms with Gasteiger partial charge in [-0.2, -0.15) is 0 Å². The van der Waals surface area contributed by atoms with Crippen molar-refractivity contribution in [2.24, 2.45) is 4.99 Å². The van der Waals surface area contributed by atoms with Crippen molar-refractivity contribution in [2.45, 2.75) is 32.2 Å². The van der Waals surface area contributed by atoms with Crippen LogP contribution in [0.3, 0.4) is 0 Å². The van der Waals surface area contributed by atoms with E-state index in [1.807, 2.05) is 0 Å². The van der Waals surface area contributed by atoms with Crippen molar-refractivity contribution in [2.75, 3.05) is 39.3 Å². The second-order valence-electron chi connectivity index (χ2n) is 6.78. The van der Waals surface area contributed by atoms with Crippen LogP contribution in [0.1, 0.15) is 25.3 Å². The van der Waals surface area contributed by atoms with E-state index in [1.165, 1.54) is 12.0 Å². The van der Waals surface area contributed by atoms with Gasteiger partial charge in [0.1, 0.15) is 0 Å². The highest BCUT2D eigenvalue weighted by atomic mass is 127. The van der Waals surface area contributed by atoms with Crippen LogP contribution in [0.25, 0.3) is 0 Å². The van der Waals surface area contributed by atoms with Crippen LogP contribution in [0.2, 0.25) is 0 Å². The standard InChI is InChI=1S/C20H29BrN4.HI/c1-2-22-20(23-11-6-8-17-7-5-9-18(21)15-17)25-14-10-19(16-25)24-12-3-4-13-24;/h3-5,7,9,15,19H,2,6,8,10-14,16H2,1H3,(H,22,23);1H. The molecule has 1 atom stereocenters. The Kier molecular flexibility index (Phi) is 9.42. The van der Waals surface area contributed by atoms with E-state index in [9.17, 15) is 0 Å². The van der Waals surface area contributed by atoms with Crippen LogP contribution in [-0.2, 0) is 6.42 Å². The topological polar surface area (TPSA) is 30.9 Å². The number of rotatable bonds is 6. The van der Waals surface area contributed by atoms with Gasteiger partial charge in [-0.1, -0.05) is 40.2 Å². The molecule has 0 amide bonds. The zero-order chi connectivity index (χ0) is 17.5. The maximum Gasteiger partial charge on any atom is 0.193 e. The molecule has 2 heterocycles. The van der Waals surface area contributed by atoms with E-state index in [0.717, 1.165) is 62.5 Å². The van der Waals surface area contributed by atoms with Crippen LogP contribution in [0.4, 0.5) is 0 Å². The molecule has 1 unspecified atom stereocenters. The van der Waals surface area contributed by atoms with E-state index in [0.29, 0.717) is 6.04 Å². The van der Waals surface area contributed by atoms with Crippen LogP contribution in [0, 0.1) is 0 Å². The first-order chi connectivity index (χ1) is 12.3. The quantitative estimate of drug-likeness (QED) is 0.198. The van der Waals surface area contributed by atoms with Gasteiger partial charge in [0.25, 0.3) is 0 Å². The zero-order valence-electron chi connectivity index (χ0n) is 15.5. The Morgan fingerprint density at radius 2 is 2.12 bits per heavy atom. The number of hydrogen-bond donors (Lipinski definition) is 1. The van der Waals surface area contributed by atoms with Gasteiger partial charge in [0.05, 0.1) is 0 Å². The predicted molar refractivity (Wildman–Crippen MR) is 125 cm³/mol. The fraction of sp³-hybridized carbons (Fsp3) is 0.550. The third-order valence-electron chi connectivity index (χ3n) is 4.93. The Labute approximate surface area is 183 Å². The lowest BCUT2D eigenvalue weighted by Crippen LogP contribution is -2.42. The molecule has 1 saturated heterocycles. The lowest BCUT2D eigenvalue weighted by atomic mass is 10.1. The zero-order valence-corrected chi connectivity index (χ0v) is 19.4. The van der Waals surface area contributed by atoms with E-state index in [4.69, 9.17) is 4.99 Å². The molecule has 0 saturated carbocycles. The van der Waals surface area contributed by atoms with Crippen LogP contribution in [-0.4, -0.2) is 61.1 Å². The molecule has 4 nitrogen and oxygen atoms in total. The summed E-state index contributed by atoms with van der Waals surface area (Å²) in [5.74, 6) is 1.09. The van der Waals surface area contributed by atoms with Gasteiger partial charge in [-0.3, -0.25) is 9.89 Å². The molecule has 6 heteroatoms. The lowest BCUT2D eigenvalue weighted by molar-refractivity contribution is 0.259. The highest BCUT2D eigenvalue weighted by Crippen LogP contribution is 2.18. The molecule has 0 aliphatic carbocycles. The summed E-state index contributed by atoms with van der Waals surface area (Å²) >= 11 is 3.54. The van der Waals surface area contributed by atoms with Crippen molar-refractivity contribution in [3.8, 4) is 0 Å². The number of nitrogens with one attached hydrogen (secondary N) is 1. The number of guanidine groups is 1. The molecule has 0 spiro atoms. The molecule has 2 aliphatic heterocycles. The minimum absolute atomic E-state index is 0. The Hall–Kier alpha value is -0.600. The molecule has 0 radical (unpaired) electrons. The van der Waals surface area contributed by atoms with E-state index < -0.39 is 0 Å². The SMILES string of the molecule is CCNC(=NCCCc1cccc(Br)c1)N1CCC(N2CC=CC2)C1.I. The van der Waals surface area contributed by atoms with Crippen LogP contribution >= 0.6 is 39.9 Å². The third kappa shape index (κ3) is 6.23. The Bertz CT molecular complexity index is 612. The van der Waals surface area contributed by atoms with Crippen molar-refractivity contribution in [3.63, 3.8) is 0 Å². The first-order valence-corrected chi connectivity index (χ1v) is 10.2. The van der Waals surface area contributed by atoms with E-state index >= 15 is 0 Å². The van der Waals surface area contributed by atoms with Crippen LogP contribution < -0.4 is 5.32 Å². The average Bonchev–Trinajstić information content (AvgIpc) is 3.28. The van der Waals surface area contributed by atoms with E-state index in [2.05, 4.69) is 74.4 Å². The molecule has 144 valence electrons. The summed E-state index contributed by atoms with van der Waals surface area (Å²) in [4.78, 5) is 9.88. The second kappa shape index (κ2) is 11.3. The van der Waals surface area contributed by atoms with Gasteiger partial charge >= 0.3 is 0 Å². The Balaban J connectivity index is 0.00000243. The summed E-state index contributed by atoms with van der Waals surface area (Å²) in [5.41, 5.74) is 1.37. The van der Waals surface area contributed by atoms with Gasteiger partial charge in [-0.05, 0) is 43.9 Å². The number of benzene rings is 1. The Morgan fingerprint density at radius 1 is 1.31 bits per heavy atom. The van der Waals surface area contributed by atoms with Crippen molar-refractivity contribution >= 4 is 45.9 Å². The summed E-state index contributed by atoms with van der Waals surface area (Å²) in [6.45, 7) is 8.38. The normalized spacial score (nSPS) is 20.5. The van der Waals surface area contributed by atoms with Crippen molar-refractivity contribution in [1.82, 2.24) is 15.1 Å². The Morgan fingerprint density at radius 3 is 2.85 bits per heavy atom. The molecule has 0 bridgehead atoms. The molecule has 1 fully saturated rings. The van der Waals surface area contributed by atoms with Crippen molar-refractivity contribution < 1.29 is 0 Å². The number of likely N-dealkylation sites (tertiary alicyclic amines) is 1. The molecule has 1 aromatic carbocycles. The summed E-state index contributed by atoms with van der Waals surface area (Å²) in [5, 5.41) is 3.48. The third-order valence-corrected chi connectivity index (χ3v) is 5.43. The van der Waals surface area contributed by atoms with Gasteiger partial charge < -0.3 is 10.2 Å². The van der Waals surface area contributed by atoms with Crippen molar-refractivity contribution in [3.05, 3.63) is 46.5 Å². The first-order valence-electron chi connectivity index (χ1n) is 9.43. The molecular formula is C20H30BrIN4. The highest BCUT2D eigenvalue weighted by molar-refractivity contribution is 14.0. The number of hydrogen-bond acceptors (Lipinski definition) is 2. The van der Waals surface area contributed by atoms with Crippen molar-refractivity contribution in [1.29, 1.82) is 0 Å². The summed E-state index contributed by atoms with van der Waals surface area (Å²) in [7, 11) is 0. The molecular weight excluding hydrogens is 503 g/mol. The molecule has 2 aliphatic rings. The van der Waals surface area contributed by atoms with Gasteiger partial charge in [-0.15, -0.1) is 24.0 Å². The van der Waals surface area contributed by atoms with Crippen LogP contribution in [0.5, 0.6) is 0 Å². The minimum Gasteiger partial charge on any atom is -0.357 e. The smallest absolute Gasteiger partial charge is 0.193 e. The maximum absolute atomic E-state index is 4.88. The van der Waals surface area contributed by atoms with E-state index in [1.54, 1.807) is 0 Å². The monoisotopic (exact) mass is 532 g/mol. The summed E-state index contributed by atoms with van der Waals surface area (Å²) in [6, 6.07) is 9.23. The number of aliphatic imine (C=N–C) groups is 1. The summed E-state index contributed by atoms with van der Waals surface area (Å²) in [6.07, 6.45) is 7.96. The predicted octanol–water partition coefficient (Wildman–Crippen LogP) is 3.91. The largest absolute Gasteiger partial charge is 0.357 e. The lowest BCUT2D eigenvalue weighted by Gasteiger charge is -2.25. The molecule has 3 rings (SSSR count). The van der Waals surface area contributed by atoms with Gasteiger partial charge in [0.15, 0.2) is 5.96 Å². The first kappa shape index (κ1) is 21.7. The fourth-order valence-electron chi connectivity index (χ4n) is 3.61. The van der Waals surface area contributed by atoms with Gasteiger partial charge in [0.2, 0.25) is 0 Å². The minimum atomic E-state index is 0. The van der Waals surface area contributed by atoms with Gasteiger partial charge in [0, 0.05) is 49.8 Å². The number of halogens is 2. The highest BCUT2D eigenvalue weighted by Gasteiger charge is 2.29. The molecule has 1 aromatic rings.